The van der Waals surface area contributed by atoms with Crippen LogP contribution in [-0.2, 0) is 9.59 Å². The number of carbonyl (C=O) groups is 2. The van der Waals surface area contributed by atoms with Crippen molar-refractivity contribution in [2.75, 3.05) is 10.0 Å². The summed E-state index contributed by atoms with van der Waals surface area (Å²) in [5, 5.41) is 23.0. The SMILES string of the molecule is CC1=NN(c2ccccc2)C(=O)[C@H]1C(c1ccc([N+](=O)[O-])cc1)[C@@H]1C(=O)N(c2ccccc2)N=C1C. The molecule has 9 heteroatoms. The number of nitro benzene ring substituents is 1. The lowest BCUT2D eigenvalue weighted by Gasteiger charge is -2.28. The van der Waals surface area contributed by atoms with Gasteiger partial charge >= 0.3 is 0 Å². The minimum atomic E-state index is -0.749. The van der Waals surface area contributed by atoms with Gasteiger partial charge in [-0.3, -0.25) is 19.7 Å². The molecule has 0 fully saturated rings. The van der Waals surface area contributed by atoms with Crippen molar-refractivity contribution in [3.8, 4) is 0 Å². The molecule has 0 aliphatic carbocycles. The second kappa shape index (κ2) is 9.18. The van der Waals surface area contributed by atoms with Gasteiger partial charge in [-0.05, 0) is 43.7 Å². The lowest BCUT2D eigenvalue weighted by atomic mass is 9.73. The first-order chi connectivity index (χ1) is 17.4. The molecular formula is C27H23N5O4. The zero-order chi connectivity index (χ0) is 25.4. The highest BCUT2D eigenvalue weighted by atomic mass is 16.6. The van der Waals surface area contributed by atoms with Crippen molar-refractivity contribution in [3.05, 3.63) is 101 Å². The van der Waals surface area contributed by atoms with E-state index in [0.29, 0.717) is 28.4 Å². The van der Waals surface area contributed by atoms with E-state index in [2.05, 4.69) is 10.2 Å². The standard InChI is InChI=1S/C27H23N5O4/c1-17-23(26(33)30(28-17)20-9-5-3-6-10-20)25(19-13-15-22(16-14-19)32(35)36)24-18(2)29-31(27(24)34)21-11-7-4-8-12-21/h3-16,23-25H,1-2H3/t23-,24-/m1/s1. The van der Waals surface area contributed by atoms with Crippen LogP contribution in [0.4, 0.5) is 17.1 Å². The maximum atomic E-state index is 13.8. The number of nitrogens with zero attached hydrogens (tertiary/aromatic N) is 5. The van der Waals surface area contributed by atoms with Gasteiger partial charge in [-0.2, -0.15) is 10.2 Å². The van der Waals surface area contributed by atoms with Crippen molar-refractivity contribution < 1.29 is 14.5 Å². The van der Waals surface area contributed by atoms with Crippen LogP contribution in [0.15, 0.2) is 95.1 Å². The zero-order valence-corrected chi connectivity index (χ0v) is 19.7. The van der Waals surface area contributed by atoms with Crippen molar-refractivity contribution >= 4 is 40.3 Å². The number of para-hydroxylation sites is 2. The van der Waals surface area contributed by atoms with Crippen LogP contribution in [0.3, 0.4) is 0 Å². The molecule has 2 atom stereocenters. The summed E-state index contributed by atoms with van der Waals surface area (Å²) in [6.45, 7) is 3.54. The molecule has 9 nitrogen and oxygen atoms in total. The lowest BCUT2D eigenvalue weighted by Crippen LogP contribution is -2.40. The average Bonchev–Trinajstić information content (AvgIpc) is 3.36. The van der Waals surface area contributed by atoms with Crippen LogP contribution in [-0.4, -0.2) is 28.2 Å². The Labute approximate surface area is 207 Å². The Morgan fingerprint density at radius 2 is 1.14 bits per heavy atom. The van der Waals surface area contributed by atoms with Crippen LogP contribution in [0.2, 0.25) is 0 Å². The Morgan fingerprint density at radius 3 is 1.53 bits per heavy atom. The van der Waals surface area contributed by atoms with Gasteiger partial charge in [0.2, 0.25) is 0 Å². The third-order valence-electron chi connectivity index (χ3n) is 6.57. The number of hydrogen-bond acceptors (Lipinski definition) is 6. The molecule has 0 radical (unpaired) electrons. The number of anilines is 2. The molecule has 36 heavy (non-hydrogen) atoms. The van der Waals surface area contributed by atoms with Crippen molar-refractivity contribution in [3.63, 3.8) is 0 Å². The van der Waals surface area contributed by atoms with Gasteiger partial charge in [0, 0.05) is 29.5 Å². The van der Waals surface area contributed by atoms with Crippen LogP contribution >= 0.6 is 0 Å². The minimum absolute atomic E-state index is 0.0689. The summed E-state index contributed by atoms with van der Waals surface area (Å²) in [7, 11) is 0. The van der Waals surface area contributed by atoms with E-state index in [1.807, 2.05) is 36.4 Å². The third kappa shape index (κ3) is 3.94. The summed E-state index contributed by atoms with van der Waals surface area (Å²) in [4.78, 5) is 38.3. The smallest absolute Gasteiger partial charge is 0.269 e. The van der Waals surface area contributed by atoms with Gasteiger partial charge in [0.25, 0.3) is 17.5 Å². The van der Waals surface area contributed by atoms with E-state index in [-0.39, 0.29) is 17.5 Å². The molecular weight excluding hydrogens is 458 g/mol. The monoisotopic (exact) mass is 481 g/mol. The molecule has 0 aromatic heterocycles. The number of benzene rings is 3. The third-order valence-corrected chi connectivity index (χ3v) is 6.57. The lowest BCUT2D eigenvalue weighted by molar-refractivity contribution is -0.384. The van der Waals surface area contributed by atoms with Gasteiger partial charge in [-0.1, -0.05) is 48.5 Å². The summed E-state index contributed by atoms with van der Waals surface area (Å²) >= 11 is 0. The van der Waals surface area contributed by atoms with Crippen LogP contribution in [0.1, 0.15) is 25.3 Å². The molecule has 0 bridgehead atoms. The molecule has 3 aromatic carbocycles. The molecule has 0 unspecified atom stereocenters. The molecule has 0 saturated carbocycles. The molecule has 0 spiro atoms. The summed E-state index contributed by atoms with van der Waals surface area (Å²) < 4.78 is 0. The van der Waals surface area contributed by atoms with Gasteiger partial charge in [0.1, 0.15) is 0 Å². The largest absolute Gasteiger partial charge is 0.272 e. The van der Waals surface area contributed by atoms with Crippen LogP contribution in [0, 0.1) is 22.0 Å². The molecule has 0 N–H and O–H groups in total. The number of hydrazone groups is 2. The van der Waals surface area contributed by atoms with Crippen LogP contribution in [0.5, 0.6) is 0 Å². The van der Waals surface area contributed by atoms with E-state index >= 15 is 0 Å². The Balaban J connectivity index is 1.58. The first-order valence-electron chi connectivity index (χ1n) is 11.5. The fraction of sp³-hybridized carbons (Fsp3) is 0.185. The number of rotatable bonds is 6. The number of nitro groups is 1. The Bertz CT molecular complexity index is 1310. The van der Waals surface area contributed by atoms with E-state index in [4.69, 9.17) is 0 Å². The summed E-state index contributed by atoms with van der Waals surface area (Å²) in [5.74, 6) is -2.68. The predicted octanol–water partition coefficient (Wildman–Crippen LogP) is 4.76. The van der Waals surface area contributed by atoms with Crippen LogP contribution in [0.25, 0.3) is 0 Å². The summed E-state index contributed by atoms with van der Waals surface area (Å²) in [6.07, 6.45) is 0. The van der Waals surface area contributed by atoms with E-state index < -0.39 is 22.7 Å². The molecule has 180 valence electrons. The number of carbonyl (C=O) groups excluding carboxylic acids is 2. The quantitative estimate of drug-likeness (QED) is 0.374. The molecule has 2 aliphatic rings. The van der Waals surface area contributed by atoms with Gasteiger partial charge < -0.3 is 0 Å². The number of amides is 2. The van der Waals surface area contributed by atoms with Crippen molar-refractivity contribution in [1.82, 2.24) is 0 Å². The maximum Gasteiger partial charge on any atom is 0.269 e. The van der Waals surface area contributed by atoms with E-state index in [1.165, 1.54) is 22.2 Å². The Morgan fingerprint density at radius 1 is 0.722 bits per heavy atom. The second-order valence-electron chi connectivity index (χ2n) is 8.78. The van der Waals surface area contributed by atoms with E-state index in [9.17, 15) is 19.7 Å². The molecule has 5 rings (SSSR count). The highest BCUT2D eigenvalue weighted by Crippen LogP contribution is 2.42. The topological polar surface area (TPSA) is 108 Å². The summed E-state index contributed by atoms with van der Waals surface area (Å²) in [5.41, 5.74) is 2.94. The molecule has 2 heterocycles. The molecule has 3 aromatic rings. The van der Waals surface area contributed by atoms with Crippen LogP contribution < -0.4 is 10.0 Å². The number of hydrogen-bond donors (Lipinski definition) is 0. The zero-order valence-electron chi connectivity index (χ0n) is 19.7. The fourth-order valence-electron chi connectivity index (χ4n) is 4.89. The predicted molar refractivity (Wildman–Crippen MR) is 137 cm³/mol. The Hall–Kier alpha value is -4.66. The maximum absolute atomic E-state index is 13.8. The fourth-order valence-corrected chi connectivity index (χ4v) is 4.89. The second-order valence-corrected chi connectivity index (χ2v) is 8.78. The number of non-ortho nitro benzene ring substituents is 1. The van der Waals surface area contributed by atoms with E-state index in [1.54, 1.807) is 50.2 Å². The van der Waals surface area contributed by atoms with Crippen molar-refractivity contribution in [1.29, 1.82) is 0 Å². The van der Waals surface area contributed by atoms with Gasteiger partial charge in [-0.15, -0.1) is 0 Å². The highest BCUT2D eigenvalue weighted by Gasteiger charge is 2.50. The minimum Gasteiger partial charge on any atom is -0.272 e. The first kappa shape index (κ1) is 23.1. The summed E-state index contributed by atoms with van der Waals surface area (Å²) in [6, 6.07) is 24.2. The average molecular weight is 482 g/mol. The van der Waals surface area contributed by atoms with Gasteiger partial charge in [0.15, 0.2) is 0 Å². The van der Waals surface area contributed by atoms with E-state index in [0.717, 1.165) is 0 Å². The van der Waals surface area contributed by atoms with Crippen molar-refractivity contribution in [2.45, 2.75) is 19.8 Å². The van der Waals surface area contributed by atoms with Gasteiger partial charge in [0.05, 0.1) is 28.1 Å². The first-order valence-corrected chi connectivity index (χ1v) is 11.5. The normalized spacial score (nSPS) is 19.6. The molecule has 2 aliphatic heterocycles. The molecule has 2 amide bonds. The molecule has 0 saturated heterocycles. The Kier molecular flexibility index (Phi) is 5.89. The highest BCUT2D eigenvalue weighted by molar-refractivity contribution is 6.19. The van der Waals surface area contributed by atoms with Gasteiger partial charge in [-0.25, -0.2) is 10.0 Å². The van der Waals surface area contributed by atoms with Crippen molar-refractivity contribution in [2.24, 2.45) is 22.0 Å².